The summed E-state index contributed by atoms with van der Waals surface area (Å²) in [6, 6.07) is 3.81. The van der Waals surface area contributed by atoms with Crippen molar-refractivity contribution in [2.24, 2.45) is 5.41 Å². The predicted octanol–water partition coefficient (Wildman–Crippen LogP) is 4.21. The van der Waals surface area contributed by atoms with Crippen LogP contribution in [0.25, 0.3) is 22.3 Å². The number of ether oxygens (including phenoxy) is 1. The third kappa shape index (κ3) is 4.50. The van der Waals surface area contributed by atoms with E-state index in [1.54, 1.807) is 6.20 Å². The Morgan fingerprint density at radius 1 is 1.14 bits per heavy atom. The van der Waals surface area contributed by atoms with Crippen molar-refractivity contribution in [1.82, 2.24) is 25.3 Å². The second-order valence-electron chi connectivity index (χ2n) is 10.2. The number of nitrogens with one attached hydrogen (secondary N) is 3. The van der Waals surface area contributed by atoms with Gasteiger partial charge in [0.15, 0.2) is 0 Å². The summed E-state index contributed by atoms with van der Waals surface area (Å²) in [4.78, 5) is 18.4. The SMILES string of the molecule is FC(F)(F)c1cnc(NC2CCCNC2)nc1-c1c[nH]c2nc(N3CCC4(CCOC4)CC3)ccc12. The molecule has 1 spiro atoms. The van der Waals surface area contributed by atoms with Gasteiger partial charge in [-0.3, -0.25) is 0 Å². The zero-order valence-electron chi connectivity index (χ0n) is 20.0. The van der Waals surface area contributed by atoms with E-state index in [0.717, 1.165) is 83.5 Å². The van der Waals surface area contributed by atoms with Gasteiger partial charge in [0, 0.05) is 55.6 Å². The summed E-state index contributed by atoms with van der Waals surface area (Å²) in [5.74, 6) is 1.03. The number of H-pyrrole nitrogens is 1. The molecule has 3 fully saturated rings. The van der Waals surface area contributed by atoms with Crippen LogP contribution in [-0.4, -0.2) is 65.4 Å². The second kappa shape index (κ2) is 9.19. The molecule has 1 atom stereocenters. The van der Waals surface area contributed by atoms with Crippen molar-refractivity contribution < 1.29 is 17.9 Å². The van der Waals surface area contributed by atoms with Gasteiger partial charge in [0.05, 0.1) is 12.3 Å². The lowest BCUT2D eigenvalue weighted by Gasteiger charge is -2.38. The first-order valence-electron chi connectivity index (χ1n) is 12.6. The van der Waals surface area contributed by atoms with E-state index >= 15 is 0 Å². The number of halogens is 3. The molecule has 36 heavy (non-hydrogen) atoms. The highest BCUT2D eigenvalue weighted by Crippen LogP contribution is 2.41. The number of piperidine rings is 2. The van der Waals surface area contributed by atoms with Crippen LogP contribution in [0.1, 0.15) is 37.7 Å². The number of hydrogen-bond acceptors (Lipinski definition) is 7. The number of hydrogen-bond donors (Lipinski definition) is 3. The first-order chi connectivity index (χ1) is 17.4. The van der Waals surface area contributed by atoms with Crippen LogP contribution in [0.5, 0.6) is 0 Å². The molecule has 0 saturated carbocycles. The largest absolute Gasteiger partial charge is 0.419 e. The number of anilines is 2. The number of alkyl halides is 3. The number of aromatic amines is 1. The van der Waals surface area contributed by atoms with Crippen molar-refractivity contribution in [2.45, 2.75) is 44.3 Å². The Morgan fingerprint density at radius 2 is 2.00 bits per heavy atom. The molecule has 8 nitrogen and oxygen atoms in total. The maximum atomic E-state index is 13.9. The third-order valence-corrected chi connectivity index (χ3v) is 7.84. The monoisotopic (exact) mass is 501 g/mol. The smallest absolute Gasteiger partial charge is 0.381 e. The molecule has 0 aliphatic carbocycles. The van der Waals surface area contributed by atoms with Gasteiger partial charge >= 0.3 is 6.18 Å². The van der Waals surface area contributed by atoms with Crippen LogP contribution >= 0.6 is 0 Å². The molecular formula is C25H30F3N7O. The molecule has 0 aromatic carbocycles. The van der Waals surface area contributed by atoms with Gasteiger partial charge in [-0.05, 0) is 56.2 Å². The average Bonchev–Trinajstić information content (AvgIpc) is 3.51. The molecule has 3 aliphatic heterocycles. The van der Waals surface area contributed by atoms with Crippen molar-refractivity contribution >= 4 is 22.8 Å². The fourth-order valence-corrected chi connectivity index (χ4v) is 5.64. The molecule has 11 heteroatoms. The molecule has 3 aromatic heterocycles. The Kier molecular flexibility index (Phi) is 5.99. The summed E-state index contributed by atoms with van der Waals surface area (Å²) < 4.78 is 47.4. The van der Waals surface area contributed by atoms with Crippen LogP contribution in [0.15, 0.2) is 24.5 Å². The fourth-order valence-electron chi connectivity index (χ4n) is 5.64. The number of pyridine rings is 1. The van der Waals surface area contributed by atoms with Gasteiger partial charge in [0.25, 0.3) is 0 Å². The summed E-state index contributed by atoms with van der Waals surface area (Å²) in [5.41, 5.74) is 0.195. The molecule has 6 rings (SSSR count). The zero-order valence-corrected chi connectivity index (χ0v) is 20.0. The van der Waals surface area contributed by atoms with Crippen molar-refractivity contribution in [3.63, 3.8) is 0 Å². The Bertz CT molecular complexity index is 1220. The van der Waals surface area contributed by atoms with E-state index < -0.39 is 11.7 Å². The molecule has 6 heterocycles. The number of aromatic nitrogens is 4. The zero-order chi connectivity index (χ0) is 24.8. The van der Waals surface area contributed by atoms with E-state index in [0.29, 0.717) is 22.0 Å². The highest BCUT2D eigenvalue weighted by molar-refractivity contribution is 5.94. The minimum absolute atomic E-state index is 0.0787. The maximum Gasteiger partial charge on any atom is 0.419 e. The molecule has 0 bridgehead atoms. The minimum atomic E-state index is -4.58. The summed E-state index contributed by atoms with van der Waals surface area (Å²) in [5, 5.41) is 7.07. The van der Waals surface area contributed by atoms with E-state index in [-0.39, 0.29) is 17.7 Å². The molecule has 192 valence electrons. The van der Waals surface area contributed by atoms with Gasteiger partial charge in [0.2, 0.25) is 5.95 Å². The molecule has 0 amide bonds. The highest BCUT2D eigenvalue weighted by Gasteiger charge is 2.39. The van der Waals surface area contributed by atoms with Gasteiger partial charge in [0.1, 0.15) is 17.0 Å². The Hall–Kier alpha value is -2.92. The molecule has 3 aromatic rings. The van der Waals surface area contributed by atoms with Crippen LogP contribution in [-0.2, 0) is 10.9 Å². The average molecular weight is 502 g/mol. The van der Waals surface area contributed by atoms with Crippen molar-refractivity contribution in [2.75, 3.05) is 49.6 Å². The van der Waals surface area contributed by atoms with Crippen LogP contribution in [0.4, 0.5) is 24.9 Å². The second-order valence-corrected chi connectivity index (χ2v) is 10.2. The molecular weight excluding hydrogens is 471 g/mol. The van der Waals surface area contributed by atoms with Crippen LogP contribution < -0.4 is 15.5 Å². The van der Waals surface area contributed by atoms with Gasteiger partial charge in [-0.25, -0.2) is 15.0 Å². The first-order valence-corrected chi connectivity index (χ1v) is 12.6. The standard InChI is InChI=1S/C25H30F3N7O/c26-25(27,28)19-14-31-23(32-16-2-1-8-29-12-16)34-21(19)18-13-30-22-17(18)3-4-20(33-22)35-9-5-24(6-10-35)7-11-36-15-24/h3-4,13-14,16,29H,1-2,5-12,15H2,(H,30,33)(H,31,32,34). The Labute approximate surface area is 207 Å². The third-order valence-electron chi connectivity index (χ3n) is 7.84. The van der Waals surface area contributed by atoms with Gasteiger partial charge < -0.3 is 25.3 Å². The predicted molar refractivity (Wildman–Crippen MR) is 131 cm³/mol. The summed E-state index contributed by atoms with van der Waals surface area (Å²) in [6.45, 7) is 5.13. The summed E-state index contributed by atoms with van der Waals surface area (Å²) in [6.07, 6.45) is 3.00. The van der Waals surface area contributed by atoms with Gasteiger partial charge in [-0.1, -0.05) is 0 Å². The Balaban J connectivity index is 1.29. The maximum absolute atomic E-state index is 13.9. The van der Waals surface area contributed by atoms with Crippen LogP contribution in [0.2, 0.25) is 0 Å². The normalized spacial score (nSPS) is 22.4. The van der Waals surface area contributed by atoms with Crippen molar-refractivity contribution in [1.29, 1.82) is 0 Å². The highest BCUT2D eigenvalue weighted by atomic mass is 19.4. The van der Waals surface area contributed by atoms with E-state index in [1.807, 2.05) is 12.1 Å². The lowest BCUT2D eigenvalue weighted by atomic mass is 9.78. The molecule has 0 radical (unpaired) electrons. The number of nitrogens with zero attached hydrogens (tertiary/aromatic N) is 4. The first kappa shape index (κ1) is 23.5. The van der Waals surface area contributed by atoms with Crippen LogP contribution in [0, 0.1) is 5.41 Å². The summed E-state index contributed by atoms with van der Waals surface area (Å²) >= 11 is 0. The van der Waals surface area contributed by atoms with E-state index in [1.165, 1.54) is 0 Å². The number of fused-ring (bicyclic) bond motifs is 1. The molecule has 3 N–H and O–H groups in total. The molecule has 3 aliphatic rings. The van der Waals surface area contributed by atoms with Crippen molar-refractivity contribution in [3.8, 4) is 11.3 Å². The molecule has 1 unspecified atom stereocenters. The van der Waals surface area contributed by atoms with Gasteiger partial charge in [-0.2, -0.15) is 13.2 Å². The Morgan fingerprint density at radius 3 is 2.72 bits per heavy atom. The molecule has 3 saturated heterocycles. The van der Waals surface area contributed by atoms with E-state index in [2.05, 4.69) is 30.5 Å². The van der Waals surface area contributed by atoms with E-state index in [4.69, 9.17) is 9.72 Å². The lowest BCUT2D eigenvalue weighted by molar-refractivity contribution is -0.137. The minimum Gasteiger partial charge on any atom is -0.381 e. The number of rotatable bonds is 4. The lowest BCUT2D eigenvalue weighted by Crippen LogP contribution is -2.40. The summed E-state index contributed by atoms with van der Waals surface area (Å²) in [7, 11) is 0. The topological polar surface area (TPSA) is 91.0 Å². The van der Waals surface area contributed by atoms with Crippen LogP contribution in [0.3, 0.4) is 0 Å². The fraction of sp³-hybridized carbons (Fsp3) is 0.560. The van der Waals surface area contributed by atoms with Gasteiger partial charge in [-0.15, -0.1) is 0 Å². The quantitative estimate of drug-likeness (QED) is 0.493. The van der Waals surface area contributed by atoms with E-state index in [9.17, 15) is 13.2 Å². The van der Waals surface area contributed by atoms with Crippen molar-refractivity contribution in [3.05, 3.63) is 30.1 Å².